The van der Waals surface area contributed by atoms with Gasteiger partial charge < -0.3 is 9.80 Å². The van der Waals surface area contributed by atoms with E-state index in [0.717, 1.165) is 28.0 Å². The zero-order valence-corrected chi connectivity index (χ0v) is 21.1. The van der Waals surface area contributed by atoms with Crippen molar-refractivity contribution in [2.24, 2.45) is 0 Å². The Balaban J connectivity index is 1.38. The zero-order valence-electron chi connectivity index (χ0n) is 20.3. The van der Waals surface area contributed by atoms with Crippen LogP contribution in [0.1, 0.15) is 53.1 Å². The number of thiophene rings is 1. The number of aromatic nitrogens is 3. The van der Waals surface area contributed by atoms with Gasteiger partial charge in [-0.25, -0.2) is 9.67 Å². The SMILES string of the molecule is CCc1ccc(C(=O)N2CCN(C(=O)c3cc(-c4cccs4)nc4c3cnn4C(C)C)CC2)cc1. The number of amides is 2. The molecule has 0 bridgehead atoms. The first-order valence-corrected chi connectivity index (χ1v) is 12.9. The van der Waals surface area contributed by atoms with E-state index in [0.29, 0.717) is 37.3 Å². The molecule has 4 aromatic rings. The minimum Gasteiger partial charge on any atom is -0.335 e. The van der Waals surface area contributed by atoms with Crippen molar-refractivity contribution in [3.05, 3.63) is 70.7 Å². The Kier molecular flexibility index (Phi) is 6.38. The molecule has 0 atom stereocenters. The van der Waals surface area contributed by atoms with Gasteiger partial charge in [-0.05, 0) is 55.5 Å². The third-order valence-corrected chi connectivity index (χ3v) is 7.42. The molecule has 1 saturated heterocycles. The van der Waals surface area contributed by atoms with E-state index in [2.05, 4.69) is 25.9 Å². The zero-order chi connectivity index (χ0) is 24.5. The standard InChI is InChI=1S/C27H29N5O2S/c1-4-19-7-9-20(10-8-19)26(33)30-11-13-31(14-12-30)27(34)21-16-23(24-6-5-15-35-24)29-25-22(21)17-28-32(25)18(2)3/h5-10,15-18H,4,11-14H2,1-3H3. The summed E-state index contributed by atoms with van der Waals surface area (Å²) >= 11 is 1.60. The second-order valence-electron chi connectivity index (χ2n) is 9.09. The van der Waals surface area contributed by atoms with Crippen LogP contribution in [0.15, 0.2) is 54.0 Å². The van der Waals surface area contributed by atoms with Crippen LogP contribution in [0.25, 0.3) is 21.6 Å². The summed E-state index contributed by atoms with van der Waals surface area (Å²) in [6.45, 7) is 8.22. The Morgan fingerprint density at radius 3 is 2.29 bits per heavy atom. The summed E-state index contributed by atoms with van der Waals surface area (Å²) in [6.07, 6.45) is 2.69. The molecule has 0 saturated carbocycles. The van der Waals surface area contributed by atoms with Gasteiger partial charge in [0.2, 0.25) is 0 Å². The van der Waals surface area contributed by atoms with Crippen molar-refractivity contribution in [3.63, 3.8) is 0 Å². The number of piperazine rings is 1. The van der Waals surface area contributed by atoms with Gasteiger partial charge >= 0.3 is 0 Å². The highest BCUT2D eigenvalue weighted by atomic mass is 32.1. The Bertz CT molecular complexity index is 1350. The predicted molar refractivity (Wildman–Crippen MR) is 139 cm³/mol. The van der Waals surface area contributed by atoms with E-state index >= 15 is 0 Å². The summed E-state index contributed by atoms with van der Waals surface area (Å²) in [5.41, 5.74) is 4.02. The van der Waals surface area contributed by atoms with Crippen LogP contribution in [0.4, 0.5) is 0 Å². The molecule has 3 aromatic heterocycles. The number of hydrogen-bond acceptors (Lipinski definition) is 5. The number of carbonyl (C=O) groups excluding carboxylic acids is 2. The van der Waals surface area contributed by atoms with Crippen molar-refractivity contribution in [2.45, 2.75) is 33.2 Å². The van der Waals surface area contributed by atoms with Gasteiger partial charge in [0.1, 0.15) is 0 Å². The van der Waals surface area contributed by atoms with Gasteiger partial charge in [-0.2, -0.15) is 5.10 Å². The average Bonchev–Trinajstić information content (AvgIpc) is 3.58. The van der Waals surface area contributed by atoms with Crippen LogP contribution in [0.5, 0.6) is 0 Å². The maximum absolute atomic E-state index is 13.7. The number of pyridine rings is 1. The fourth-order valence-corrected chi connectivity index (χ4v) is 5.16. The maximum atomic E-state index is 13.7. The van der Waals surface area contributed by atoms with Gasteiger partial charge in [0.05, 0.1) is 27.7 Å². The summed E-state index contributed by atoms with van der Waals surface area (Å²) in [7, 11) is 0. The summed E-state index contributed by atoms with van der Waals surface area (Å²) in [6, 6.07) is 13.8. The van der Waals surface area contributed by atoms with E-state index < -0.39 is 0 Å². The molecule has 0 aliphatic carbocycles. The number of carbonyl (C=O) groups is 2. The fraction of sp³-hybridized carbons (Fsp3) is 0.333. The first kappa shape index (κ1) is 23.2. The molecule has 1 aliphatic heterocycles. The minimum absolute atomic E-state index is 0.0178. The molecule has 0 spiro atoms. The minimum atomic E-state index is -0.0436. The Hall–Kier alpha value is -3.52. The molecule has 2 amide bonds. The molecule has 1 aromatic carbocycles. The van der Waals surface area contributed by atoms with Crippen molar-refractivity contribution in [2.75, 3.05) is 26.2 Å². The summed E-state index contributed by atoms with van der Waals surface area (Å²) < 4.78 is 1.86. The van der Waals surface area contributed by atoms with Crippen LogP contribution in [0, 0.1) is 0 Å². The van der Waals surface area contributed by atoms with E-state index in [9.17, 15) is 9.59 Å². The number of aryl methyl sites for hydroxylation is 1. The Morgan fingerprint density at radius 2 is 1.69 bits per heavy atom. The van der Waals surface area contributed by atoms with Crippen molar-refractivity contribution in [3.8, 4) is 10.6 Å². The van der Waals surface area contributed by atoms with Gasteiger partial charge in [-0.1, -0.05) is 25.1 Å². The average molecular weight is 488 g/mol. The first-order chi connectivity index (χ1) is 17.0. The van der Waals surface area contributed by atoms with Crippen LogP contribution < -0.4 is 0 Å². The highest BCUT2D eigenvalue weighted by molar-refractivity contribution is 7.13. The molecule has 35 heavy (non-hydrogen) atoms. The van der Waals surface area contributed by atoms with Crippen LogP contribution in [-0.2, 0) is 6.42 Å². The molecular formula is C27H29N5O2S. The fourth-order valence-electron chi connectivity index (χ4n) is 4.47. The Morgan fingerprint density at radius 1 is 1.00 bits per heavy atom. The molecule has 0 unspecified atom stereocenters. The second-order valence-corrected chi connectivity index (χ2v) is 10.0. The molecular weight excluding hydrogens is 458 g/mol. The lowest BCUT2D eigenvalue weighted by atomic mass is 10.1. The number of benzene rings is 1. The number of rotatable bonds is 5. The van der Waals surface area contributed by atoms with E-state index in [1.807, 2.05) is 62.3 Å². The molecule has 5 rings (SSSR count). The van der Waals surface area contributed by atoms with Crippen LogP contribution >= 0.6 is 11.3 Å². The summed E-state index contributed by atoms with van der Waals surface area (Å²) in [5.74, 6) is -0.0258. The van der Waals surface area contributed by atoms with Gasteiger partial charge in [-0.15, -0.1) is 11.3 Å². The molecule has 4 heterocycles. The monoisotopic (exact) mass is 487 g/mol. The number of hydrogen-bond donors (Lipinski definition) is 0. The van der Waals surface area contributed by atoms with Crippen LogP contribution in [-0.4, -0.2) is 62.6 Å². The first-order valence-electron chi connectivity index (χ1n) is 12.1. The highest BCUT2D eigenvalue weighted by Crippen LogP contribution is 2.30. The number of nitrogens with zero attached hydrogens (tertiary/aromatic N) is 5. The molecule has 7 nitrogen and oxygen atoms in total. The van der Waals surface area contributed by atoms with Gasteiger partial charge in [0, 0.05) is 37.8 Å². The quantitative estimate of drug-likeness (QED) is 0.401. The lowest BCUT2D eigenvalue weighted by molar-refractivity contribution is 0.0536. The summed E-state index contributed by atoms with van der Waals surface area (Å²) in [5, 5.41) is 7.29. The van der Waals surface area contributed by atoms with E-state index in [1.165, 1.54) is 5.56 Å². The molecule has 1 fully saturated rings. The van der Waals surface area contributed by atoms with Gasteiger partial charge in [-0.3, -0.25) is 9.59 Å². The normalized spacial score (nSPS) is 14.2. The maximum Gasteiger partial charge on any atom is 0.254 e. The Labute approximate surface area is 209 Å². The second kappa shape index (κ2) is 9.62. The van der Waals surface area contributed by atoms with Crippen molar-refractivity contribution < 1.29 is 9.59 Å². The molecule has 0 N–H and O–H groups in total. The third kappa shape index (κ3) is 4.46. The predicted octanol–water partition coefficient (Wildman–Crippen LogP) is 4.90. The lowest BCUT2D eigenvalue weighted by Gasteiger charge is -2.35. The highest BCUT2D eigenvalue weighted by Gasteiger charge is 2.28. The molecule has 8 heteroatoms. The topological polar surface area (TPSA) is 71.3 Å². The van der Waals surface area contributed by atoms with Crippen molar-refractivity contribution in [1.82, 2.24) is 24.6 Å². The lowest BCUT2D eigenvalue weighted by Crippen LogP contribution is -2.50. The largest absolute Gasteiger partial charge is 0.335 e. The number of fused-ring (bicyclic) bond motifs is 1. The van der Waals surface area contributed by atoms with Gasteiger partial charge in [0.25, 0.3) is 11.8 Å². The molecule has 1 aliphatic rings. The van der Waals surface area contributed by atoms with Crippen LogP contribution in [0.2, 0.25) is 0 Å². The van der Waals surface area contributed by atoms with E-state index in [-0.39, 0.29) is 17.9 Å². The van der Waals surface area contributed by atoms with Crippen LogP contribution in [0.3, 0.4) is 0 Å². The smallest absolute Gasteiger partial charge is 0.254 e. The van der Waals surface area contributed by atoms with Crippen molar-refractivity contribution >= 4 is 34.2 Å². The third-order valence-electron chi connectivity index (χ3n) is 6.52. The van der Waals surface area contributed by atoms with Gasteiger partial charge in [0.15, 0.2) is 5.65 Å². The van der Waals surface area contributed by atoms with Crippen molar-refractivity contribution in [1.29, 1.82) is 0 Å². The van der Waals surface area contributed by atoms with E-state index in [1.54, 1.807) is 17.5 Å². The van der Waals surface area contributed by atoms with E-state index in [4.69, 9.17) is 4.98 Å². The summed E-state index contributed by atoms with van der Waals surface area (Å²) in [4.78, 5) is 36.2. The molecule has 0 radical (unpaired) electrons. The molecule has 180 valence electrons.